The van der Waals surface area contributed by atoms with Gasteiger partial charge in [0.1, 0.15) is 13.2 Å². The van der Waals surface area contributed by atoms with E-state index >= 15 is 0 Å². The normalized spacial score (nSPS) is 22.4. The number of nitrogens with zero attached hydrogens (tertiary/aromatic N) is 1. The van der Waals surface area contributed by atoms with Crippen molar-refractivity contribution in [3.05, 3.63) is 17.7 Å². The highest BCUT2D eigenvalue weighted by Gasteiger charge is 2.24. The number of ether oxygens (including phenoxy) is 2. The van der Waals surface area contributed by atoms with Crippen molar-refractivity contribution in [1.82, 2.24) is 5.32 Å². The molecule has 104 valence electrons. The van der Waals surface area contributed by atoms with Crippen LogP contribution in [0.4, 0.5) is 5.69 Å². The molecule has 1 fully saturated rings. The van der Waals surface area contributed by atoms with E-state index in [2.05, 4.69) is 36.2 Å². The van der Waals surface area contributed by atoms with Crippen molar-refractivity contribution >= 4 is 5.69 Å². The summed E-state index contributed by atoms with van der Waals surface area (Å²) in [6.07, 6.45) is 1.15. The molecule has 0 aliphatic carbocycles. The second-order valence-electron chi connectivity index (χ2n) is 5.31. The first-order valence-corrected chi connectivity index (χ1v) is 7.16. The smallest absolute Gasteiger partial charge is 0.184 e. The molecule has 1 aromatic rings. The van der Waals surface area contributed by atoms with E-state index in [0.717, 1.165) is 37.6 Å². The van der Waals surface area contributed by atoms with Crippen LogP contribution in [-0.2, 0) is 0 Å². The van der Waals surface area contributed by atoms with Crippen molar-refractivity contribution in [3.63, 3.8) is 0 Å². The Morgan fingerprint density at radius 3 is 3.00 bits per heavy atom. The minimum Gasteiger partial charge on any atom is -0.486 e. The Morgan fingerprint density at radius 2 is 2.16 bits per heavy atom. The van der Waals surface area contributed by atoms with E-state index in [9.17, 15) is 0 Å². The zero-order valence-electron chi connectivity index (χ0n) is 11.7. The average Bonchev–Trinajstić information content (AvgIpc) is 2.46. The highest BCUT2D eigenvalue weighted by atomic mass is 16.6. The van der Waals surface area contributed by atoms with Crippen LogP contribution in [-0.4, -0.2) is 38.9 Å². The summed E-state index contributed by atoms with van der Waals surface area (Å²) in [5, 5.41) is 3.55. The lowest BCUT2D eigenvalue weighted by molar-refractivity contribution is 0.171. The van der Waals surface area contributed by atoms with Gasteiger partial charge in [0.15, 0.2) is 11.5 Å². The molecule has 2 aliphatic rings. The van der Waals surface area contributed by atoms with E-state index in [1.54, 1.807) is 0 Å². The first kappa shape index (κ1) is 12.6. The fraction of sp³-hybridized carbons (Fsp3) is 0.600. The van der Waals surface area contributed by atoms with Crippen LogP contribution < -0.4 is 19.7 Å². The summed E-state index contributed by atoms with van der Waals surface area (Å²) < 4.78 is 11.6. The van der Waals surface area contributed by atoms with Gasteiger partial charge in [-0.1, -0.05) is 6.92 Å². The highest BCUT2D eigenvalue weighted by molar-refractivity contribution is 5.67. The van der Waals surface area contributed by atoms with Gasteiger partial charge < -0.3 is 19.7 Å². The summed E-state index contributed by atoms with van der Waals surface area (Å²) >= 11 is 0. The lowest BCUT2D eigenvalue weighted by Gasteiger charge is -2.36. The number of aryl methyl sites for hydroxylation is 1. The van der Waals surface area contributed by atoms with Crippen LogP contribution in [0.25, 0.3) is 0 Å². The molecule has 0 radical (unpaired) electrons. The number of piperazine rings is 1. The number of benzene rings is 1. The lowest BCUT2D eigenvalue weighted by atomic mass is 10.1. The molecule has 3 rings (SSSR count). The first-order valence-electron chi connectivity index (χ1n) is 7.16. The molecule has 19 heavy (non-hydrogen) atoms. The number of hydrogen-bond acceptors (Lipinski definition) is 4. The molecule has 1 saturated heterocycles. The summed E-state index contributed by atoms with van der Waals surface area (Å²) in [6, 6.07) is 4.85. The van der Waals surface area contributed by atoms with Crippen molar-refractivity contribution in [1.29, 1.82) is 0 Å². The third-order valence-electron chi connectivity index (χ3n) is 3.86. The fourth-order valence-electron chi connectivity index (χ4n) is 2.82. The Bertz CT molecular complexity index is 462. The minimum absolute atomic E-state index is 0.564. The predicted octanol–water partition coefficient (Wildman–Crippen LogP) is 1.95. The number of nitrogens with one attached hydrogen (secondary N) is 1. The molecule has 2 aliphatic heterocycles. The number of rotatable bonds is 2. The Morgan fingerprint density at radius 1 is 1.32 bits per heavy atom. The Kier molecular flexibility index (Phi) is 3.51. The molecule has 2 heterocycles. The summed E-state index contributed by atoms with van der Waals surface area (Å²) in [5.41, 5.74) is 2.42. The van der Waals surface area contributed by atoms with E-state index in [4.69, 9.17) is 9.47 Å². The van der Waals surface area contributed by atoms with Crippen molar-refractivity contribution in [2.24, 2.45) is 0 Å². The van der Waals surface area contributed by atoms with Gasteiger partial charge in [0.25, 0.3) is 0 Å². The van der Waals surface area contributed by atoms with Gasteiger partial charge in [-0.15, -0.1) is 0 Å². The molecule has 0 amide bonds. The molecular formula is C15H22N2O2. The third kappa shape index (κ3) is 2.50. The fourth-order valence-corrected chi connectivity index (χ4v) is 2.82. The van der Waals surface area contributed by atoms with Crippen molar-refractivity contribution in [2.75, 3.05) is 37.7 Å². The highest BCUT2D eigenvalue weighted by Crippen LogP contribution is 2.41. The molecule has 0 saturated carbocycles. The molecule has 4 heteroatoms. The molecule has 0 aromatic heterocycles. The topological polar surface area (TPSA) is 33.7 Å². The van der Waals surface area contributed by atoms with Gasteiger partial charge in [-0.05, 0) is 31.0 Å². The number of hydrogen-bond donors (Lipinski definition) is 1. The SMILES string of the molecule is CCC1CN(c2cc(C)cc3c2OCCO3)CCN1. The average molecular weight is 262 g/mol. The molecule has 4 nitrogen and oxygen atoms in total. The Balaban J connectivity index is 1.92. The van der Waals surface area contributed by atoms with Crippen molar-refractivity contribution in [2.45, 2.75) is 26.3 Å². The molecule has 0 bridgehead atoms. The van der Waals surface area contributed by atoms with Crippen LogP contribution in [0.15, 0.2) is 12.1 Å². The van der Waals surface area contributed by atoms with Gasteiger partial charge in [0.2, 0.25) is 0 Å². The quantitative estimate of drug-likeness (QED) is 0.883. The zero-order chi connectivity index (χ0) is 13.2. The van der Waals surface area contributed by atoms with Crippen LogP contribution in [0.1, 0.15) is 18.9 Å². The lowest BCUT2D eigenvalue weighted by Crippen LogP contribution is -2.50. The van der Waals surface area contributed by atoms with Gasteiger partial charge in [-0.25, -0.2) is 0 Å². The summed E-state index contributed by atoms with van der Waals surface area (Å²) in [4.78, 5) is 2.42. The molecule has 1 unspecified atom stereocenters. The second kappa shape index (κ2) is 5.29. The van der Waals surface area contributed by atoms with Gasteiger partial charge in [-0.3, -0.25) is 0 Å². The maximum Gasteiger partial charge on any atom is 0.184 e. The van der Waals surface area contributed by atoms with Crippen molar-refractivity contribution < 1.29 is 9.47 Å². The molecular weight excluding hydrogens is 240 g/mol. The van der Waals surface area contributed by atoms with Crippen molar-refractivity contribution in [3.8, 4) is 11.5 Å². The molecule has 1 aromatic carbocycles. The number of anilines is 1. The maximum absolute atomic E-state index is 5.84. The molecule has 0 spiro atoms. The Labute approximate surface area is 114 Å². The number of fused-ring (bicyclic) bond motifs is 1. The van der Waals surface area contributed by atoms with Crippen LogP contribution in [0.2, 0.25) is 0 Å². The molecule has 1 atom stereocenters. The maximum atomic E-state index is 5.84. The largest absolute Gasteiger partial charge is 0.486 e. The summed E-state index contributed by atoms with van der Waals surface area (Å²) in [7, 11) is 0. The van der Waals surface area contributed by atoms with Gasteiger partial charge >= 0.3 is 0 Å². The minimum atomic E-state index is 0.564. The monoisotopic (exact) mass is 262 g/mol. The van der Waals surface area contributed by atoms with Crippen LogP contribution in [0.5, 0.6) is 11.5 Å². The predicted molar refractivity (Wildman–Crippen MR) is 76.5 cm³/mol. The first-order chi connectivity index (χ1) is 9.28. The van der Waals surface area contributed by atoms with Crippen LogP contribution in [0.3, 0.4) is 0 Å². The second-order valence-corrected chi connectivity index (χ2v) is 5.31. The standard InChI is InChI=1S/C15H22N2O2/c1-3-12-10-17(5-4-16-12)13-8-11(2)9-14-15(13)19-7-6-18-14/h8-9,12,16H,3-7,10H2,1-2H3. The van der Waals surface area contributed by atoms with E-state index in [-0.39, 0.29) is 0 Å². The van der Waals surface area contributed by atoms with Gasteiger partial charge in [0.05, 0.1) is 5.69 Å². The summed E-state index contributed by atoms with van der Waals surface area (Å²) in [6.45, 7) is 8.72. The van der Waals surface area contributed by atoms with Gasteiger partial charge in [-0.2, -0.15) is 0 Å². The third-order valence-corrected chi connectivity index (χ3v) is 3.86. The van der Waals surface area contributed by atoms with E-state index in [0.29, 0.717) is 19.3 Å². The molecule has 1 N–H and O–H groups in total. The Hall–Kier alpha value is -1.42. The van der Waals surface area contributed by atoms with Crippen LogP contribution >= 0.6 is 0 Å². The van der Waals surface area contributed by atoms with E-state index in [1.165, 1.54) is 11.3 Å². The van der Waals surface area contributed by atoms with Gasteiger partial charge in [0, 0.05) is 25.7 Å². The van der Waals surface area contributed by atoms with Crippen LogP contribution in [0, 0.1) is 6.92 Å². The summed E-state index contributed by atoms with van der Waals surface area (Å²) in [5.74, 6) is 1.82. The van der Waals surface area contributed by atoms with E-state index < -0.39 is 0 Å². The zero-order valence-corrected chi connectivity index (χ0v) is 11.7. The van der Waals surface area contributed by atoms with E-state index in [1.807, 2.05) is 0 Å².